The van der Waals surface area contributed by atoms with Gasteiger partial charge in [-0.2, -0.15) is 10.2 Å². The fraction of sp³-hybridized carbons (Fsp3) is 0.238. The number of aromatic amines is 2. The first-order chi connectivity index (χ1) is 27.4. The van der Waals surface area contributed by atoms with E-state index in [1.54, 1.807) is 50.6 Å². The zero-order valence-corrected chi connectivity index (χ0v) is 31.8. The number of ether oxygens (including phenoxy) is 4. The normalized spacial score (nSPS) is 13.9. The molecule has 14 nitrogen and oxygen atoms in total. The molecule has 6 aromatic rings. The van der Waals surface area contributed by atoms with Crippen molar-refractivity contribution in [1.82, 2.24) is 30.2 Å². The molecule has 288 valence electrons. The molecule has 2 fully saturated rings. The summed E-state index contributed by atoms with van der Waals surface area (Å²) >= 11 is 0. The Hall–Kier alpha value is -6.96. The number of nitrogens with zero attached hydrogens (tertiary/aromatic N) is 6. The highest BCUT2D eigenvalue weighted by atomic mass is 16.5. The number of carbonyl (C=O) groups is 2. The summed E-state index contributed by atoms with van der Waals surface area (Å²) in [5.74, 6) is 2.95. The first kappa shape index (κ1) is 37.4. The Balaban J connectivity index is 0.000000172. The number of amides is 4. The average Bonchev–Trinajstić information content (AvgIpc) is 4.09. The number of rotatable bonds is 12. The van der Waals surface area contributed by atoms with Gasteiger partial charge in [0, 0.05) is 79.1 Å². The monoisotopic (exact) mass is 756 g/mol. The summed E-state index contributed by atoms with van der Waals surface area (Å²) in [6.45, 7) is 3.61. The summed E-state index contributed by atoms with van der Waals surface area (Å²) in [5.41, 5.74) is 7.44. The molecule has 4 heterocycles. The molecule has 0 radical (unpaired) electrons. The molecule has 2 aliphatic rings. The highest BCUT2D eigenvalue weighted by Crippen LogP contribution is 2.36. The highest BCUT2D eigenvalue weighted by molar-refractivity contribution is 5.96. The molecule has 0 unspecified atom stereocenters. The Kier molecular flexibility index (Phi) is 11.4. The Labute approximate surface area is 325 Å². The summed E-state index contributed by atoms with van der Waals surface area (Å²) < 4.78 is 21.8. The first-order valence-electron chi connectivity index (χ1n) is 18.1. The molecular formula is C42H44N8O6. The van der Waals surface area contributed by atoms with Crippen LogP contribution in [-0.2, 0) is 13.1 Å². The molecule has 0 bridgehead atoms. The number of para-hydroxylation sites is 1. The van der Waals surface area contributed by atoms with E-state index in [0.717, 1.165) is 56.3 Å². The van der Waals surface area contributed by atoms with Crippen LogP contribution in [0, 0.1) is 0 Å². The third-order valence-corrected chi connectivity index (χ3v) is 9.86. The van der Waals surface area contributed by atoms with Crippen LogP contribution in [0.25, 0.3) is 22.3 Å². The lowest BCUT2D eigenvalue weighted by molar-refractivity contribution is 0.217. The standard InChI is InChI=1S/2C21H22N4O3/c1-27-18-5-3-4-15(10-18)14-24-8-9-25(21(24)26)19-7-6-16(11-20(19)28-2)17-12-22-23-13-17;1-27-19-6-4-3-5-15(19)14-24-9-10-25(21(24)26)17-7-8-18(20(11-17)28-2)16-12-22-23-13-16/h3-7,10-13H,8-9,14H2,1-2H3,(H,22,23);3-8,11-13H,9-10,14H2,1-2H3,(H,22,23). The predicted octanol–water partition coefficient (Wildman–Crippen LogP) is 7.07. The summed E-state index contributed by atoms with van der Waals surface area (Å²) in [5, 5.41) is 13.6. The van der Waals surface area contributed by atoms with Crippen molar-refractivity contribution in [3.05, 3.63) is 121 Å². The minimum absolute atomic E-state index is 0.0241. The Morgan fingerprint density at radius 2 is 1.29 bits per heavy atom. The third-order valence-electron chi connectivity index (χ3n) is 9.86. The van der Waals surface area contributed by atoms with Crippen molar-refractivity contribution in [1.29, 1.82) is 0 Å². The lowest BCUT2D eigenvalue weighted by Crippen LogP contribution is -2.31. The second kappa shape index (κ2) is 17.0. The minimum Gasteiger partial charge on any atom is -0.497 e. The van der Waals surface area contributed by atoms with Crippen LogP contribution >= 0.6 is 0 Å². The van der Waals surface area contributed by atoms with Crippen LogP contribution in [0.15, 0.2) is 110 Å². The first-order valence-corrected chi connectivity index (χ1v) is 18.1. The largest absolute Gasteiger partial charge is 0.497 e. The molecule has 2 aliphatic heterocycles. The van der Waals surface area contributed by atoms with Crippen LogP contribution in [0.1, 0.15) is 11.1 Å². The SMILES string of the molecule is COc1cccc(CN2CCN(c3ccc(-c4cn[nH]c4)cc3OC)C2=O)c1.COc1ccccc1CN1CCN(c2ccc(-c3cn[nH]c3)c(OC)c2)C1=O. The van der Waals surface area contributed by atoms with E-state index in [9.17, 15) is 9.59 Å². The predicted molar refractivity (Wildman–Crippen MR) is 213 cm³/mol. The molecule has 4 amide bonds. The highest BCUT2D eigenvalue weighted by Gasteiger charge is 2.32. The number of urea groups is 2. The summed E-state index contributed by atoms with van der Waals surface area (Å²) in [4.78, 5) is 33.2. The maximum Gasteiger partial charge on any atom is 0.325 e. The van der Waals surface area contributed by atoms with Crippen molar-refractivity contribution < 1.29 is 28.5 Å². The summed E-state index contributed by atoms with van der Waals surface area (Å²) in [6.07, 6.45) is 7.14. The van der Waals surface area contributed by atoms with Gasteiger partial charge >= 0.3 is 12.1 Å². The van der Waals surface area contributed by atoms with Gasteiger partial charge in [-0.1, -0.05) is 36.4 Å². The van der Waals surface area contributed by atoms with Crippen LogP contribution in [0.5, 0.6) is 23.0 Å². The zero-order valence-electron chi connectivity index (χ0n) is 31.8. The van der Waals surface area contributed by atoms with Crippen molar-refractivity contribution in [3.8, 4) is 45.3 Å². The molecule has 2 saturated heterocycles. The van der Waals surface area contributed by atoms with Crippen molar-refractivity contribution in [2.24, 2.45) is 0 Å². The molecule has 4 aromatic carbocycles. The molecule has 2 N–H and O–H groups in total. The molecule has 0 atom stereocenters. The Morgan fingerprint density at radius 3 is 2.00 bits per heavy atom. The van der Waals surface area contributed by atoms with Gasteiger partial charge in [0.15, 0.2) is 0 Å². The number of carbonyl (C=O) groups excluding carboxylic acids is 2. The van der Waals surface area contributed by atoms with Crippen molar-refractivity contribution >= 4 is 23.4 Å². The van der Waals surface area contributed by atoms with Crippen LogP contribution in [0.4, 0.5) is 21.0 Å². The van der Waals surface area contributed by atoms with Crippen molar-refractivity contribution in [2.45, 2.75) is 13.1 Å². The van der Waals surface area contributed by atoms with E-state index < -0.39 is 0 Å². The fourth-order valence-corrected chi connectivity index (χ4v) is 6.93. The van der Waals surface area contributed by atoms with E-state index in [-0.39, 0.29) is 12.1 Å². The van der Waals surface area contributed by atoms with Gasteiger partial charge < -0.3 is 28.7 Å². The molecule has 2 aromatic heterocycles. The van der Waals surface area contributed by atoms with Gasteiger partial charge in [-0.15, -0.1) is 0 Å². The van der Waals surface area contributed by atoms with Gasteiger partial charge in [-0.3, -0.25) is 20.0 Å². The van der Waals surface area contributed by atoms with E-state index >= 15 is 0 Å². The molecule has 8 rings (SSSR count). The molecular weight excluding hydrogens is 713 g/mol. The van der Waals surface area contributed by atoms with E-state index in [4.69, 9.17) is 18.9 Å². The molecule has 56 heavy (non-hydrogen) atoms. The smallest absolute Gasteiger partial charge is 0.325 e. The van der Waals surface area contributed by atoms with Gasteiger partial charge in [-0.25, -0.2) is 9.59 Å². The lowest BCUT2D eigenvalue weighted by Gasteiger charge is -2.21. The maximum atomic E-state index is 13.0. The van der Waals surface area contributed by atoms with Gasteiger partial charge in [0.25, 0.3) is 0 Å². The Morgan fingerprint density at radius 1 is 0.589 bits per heavy atom. The van der Waals surface area contributed by atoms with Crippen LogP contribution < -0.4 is 28.7 Å². The lowest BCUT2D eigenvalue weighted by atomic mass is 10.1. The number of H-pyrrole nitrogens is 2. The number of hydrogen-bond donors (Lipinski definition) is 2. The number of aromatic nitrogens is 4. The molecule has 0 spiro atoms. The number of anilines is 2. The van der Waals surface area contributed by atoms with Gasteiger partial charge in [-0.05, 0) is 53.6 Å². The van der Waals surface area contributed by atoms with Gasteiger partial charge in [0.2, 0.25) is 0 Å². The summed E-state index contributed by atoms with van der Waals surface area (Å²) in [7, 11) is 6.53. The van der Waals surface area contributed by atoms with Crippen molar-refractivity contribution in [2.75, 3.05) is 64.4 Å². The van der Waals surface area contributed by atoms with Gasteiger partial charge in [0.05, 0.1) is 53.1 Å². The van der Waals surface area contributed by atoms with E-state index in [1.165, 1.54) is 0 Å². The number of hydrogen-bond acceptors (Lipinski definition) is 8. The fourth-order valence-electron chi connectivity index (χ4n) is 6.93. The minimum atomic E-state index is -0.0304. The number of benzene rings is 4. The summed E-state index contributed by atoms with van der Waals surface area (Å²) in [6, 6.07) is 27.1. The average molecular weight is 757 g/mol. The van der Waals surface area contributed by atoms with Crippen LogP contribution in [0.2, 0.25) is 0 Å². The quantitative estimate of drug-likeness (QED) is 0.135. The second-order valence-corrected chi connectivity index (χ2v) is 13.1. The maximum absolute atomic E-state index is 13.0. The van der Waals surface area contributed by atoms with Crippen molar-refractivity contribution in [3.63, 3.8) is 0 Å². The second-order valence-electron chi connectivity index (χ2n) is 13.1. The Bertz CT molecular complexity index is 2260. The topological polar surface area (TPSA) is 141 Å². The van der Waals surface area contributed by atoms with Crippen LogP contribution in [0.3, 0.4) is 0 Å². The zero-order chi connectivity index (χ0) is 39.0. The van der Waals surface area contributed by atoms with Crippen LogP contribution in [-0.4, -0.2) is 96.9 Å². The van der Waals surface area contributed by atoms with E-state index in [2.05, 4.69) is 20.4 Å². The molecule has 0 aliphatic carbocycles. The number of nitrogens with one attached hydrogen (secondary N) is 2. The number of methoxy groups -OCH3 is 4. The van der Waals surface area contributed by atoms with E-state index in [0.29, 0.717) is 50.8 Å². The van der Waals surface area contributed by atoms with Gasteiger partial charge in [0.1, 0.15) is 23.0 Å². The third kappa shape index (κ3) is 7.94. The van der Waals surface area contributed by atoms with E-state index in [1.807, 2.05) is 107 Å². The molecule has 14 heteroatoms. The molecule has 0 saturated carbocycles.